The van der Waals surface area contributed by atoms with Crippen LogP contribution in [0.4, 0.5) is 0 Å². The van der Waals surface area contributed by atoms with E-state index in [1.165, 1.54) is 6.20 Å². The SMILES string of the molecule is CC(C)(O)C(C)(C)ON/C(C=N)=C/N. The molecule has 0 amide bonds. The molecule has 0 aliphatic carbocycles. The number of nitrogens with one attached hydrogen (secondary N) is 2. The van der Waals surface area contributed by atoms with Gasteiger partial charge in [-0.3, -0.25) is 10.3 Å². The van der Waals surface area contributed by atoms with Crippen molar-refractivity contribution in [2.24, 2.45) is 5.73 Å². The lowest BCUT2D eigenvalue weighted by Gasteiger charge is -2.36. The molecule has 0 spiro atoms. The highest BCUT2D eigenvalue weighted by Crippen LogP contribution is 2.23. The third-order valence-corrected chi connectivity index (χ3v) is 2.23. The summed E-state index contributed by atoms with van der Waals surface area (Å²) in [6, 6.07) is 0. The van der Waals surface area contributed by atoms with Gasteiger partial charge in [0, 0.05) is 12.4 Å². The molecule has 0 heterocycles. The molecule has 0 aromatic heterocycles. The van der Waals surface area contributed by atoms with E-state index in [1.807, 2.05) is 0 Å². The summed E-state index contributed by atoms with van der Waals surface area (Å²) in [5.74, 6) is 0. The van der Waals surface area contributed by atoms with Crippen LogP contribution in [0.1, 0.15) is 27.7 Å². The molecule has 0 radical (unpaired) electrons. The molecule has 0 fully saturated rings. The lowest BCUT2D eigenvalue weighted by atomic mass is 9.90. The van der Waals surface area contributed by atoms with Gasteiger partial charge in [0.1, 0.15) is 5.60 Å². The van der Waals surface area contributed by atoms with Crippen molar-refractivity contribution < 1.29 is 9.94 Å². The fraction of sp³-hybridized carbons (Fsp3) is 0.667. The van der Waals surface area contributed by atoms with Crippen LogP contribution in [0.3, 0.4) is 0 Å². The number of hydroxylamine groups is 1. The zero-order valence-electron chi connectivity index (χ0n) is 9.09. The highest BCUT2D eigenvalue weighted by atomic mass is 16.7. The Labute approximate surface area is 84.4 Å². The van der Waals surface area contributed by atoms with E-state index in [0.717, 1.165) is 6.21 Å². The second-order valence-electron chi connectivity index (χ2n) is 4.04. The first-order valence-corrected chi connectivity index (χ1v) is 4.33. The molecule has 0 aromatic carbocycles. The van der Waals surface area contributed by atoms with Crippen molar-refractivity contribution in [1.29, 1.82) is 5.41 Å². The Morgan fingerprint density at radius 3 is 2.21 bits per heavy atom. The Hall–Kier alpha value is -1.07. The quantitative estimate of drug-likeness (QED) is 0.385. The van der Waals surface area contributed by atoms with Gasteiger partial charge in [-0.05, 0) is 27.7 Å². The van der Waals surface area contributed by atoms with Gasteiger partial charge in [-0.15, -0.1) is 0 Å². The second kappa shape index (κ2) is 4.43. The molecule has 5 N–H and O–H groups in total. The Morgan fingerprint density at radius 1 is 1.43 bits per heavy atom. The molecular weight excluding hydrogens is 182 g/mol. The zero-order valence-corrected chi connectivity index (χ0v) is 9.09. The fourth-order valence-corrected chi connectivity index (χ4v) is 0.423. The highest BCUT2D eigenvalue weighted by molar-refractivity contribution is 5.74. The van der Waals surface area contributed by atoms with Crippen LogP contribution in [-0.4, -0.2) is 22.5 Å². The summed E-state index contributed by atoms with van der Waals surface area (Å²) in [5.41, 5.74) is 6.25. The van der Waals surface area contributed by atoms with Crippen LogP contribution in [-0.2, 0) is 4.84 Å². The van der Waals surface area contributed by atoms with Gasteiger partial charge in [-0.1, -0.05) is 0 Å². The van der Waals surface area contributed by atoms with Gasteiger partial charge in [0.05, 0.1) is 11.3 Å². The topological polar surface area (TPSA) is 91.4 Å². The van der Waals surface area contributed by atoms with Gasteiger partial charge in [-0.2, -0.15) is 0 Å². The van der Waals surface area contributed by atoms with E-state index < -0.39 is 11.2 Å². The van der Waals surface area contributed by atoms with Crippen molar-refractivity contribution in [1.82, 2.24) is 5.48 Å². The molecule has 0 saturated carbocycles. The van der Waals surface area contributed by atoms with E-state index in [1.54, 1.807) is 27.7 Å². The molecule has 0 rings (SSSR count). The Balaban J connectivity index is 4.33. The number of hydrogen-bond acceptors (Lipinski definition) is 5. The maximum atomic E-state index is 9.73. The van der Waals surface area contributed by atoms with Crippen molar-refractivity contribution in [3.63, 3.8) is 0 Å². The molecule has 0 aliphatic rings. The first-order valence-electron chi connectivity index (χ1n) is 4.33. The monoisotopic (exact) mass is 201 g/mol. The average Bonchev–Trinajstić information content (AvgIpc) is 2.04. The summed E-state index contributed by atoms with van der Waals surface area (Å²) in [5, 5.41) is 16.7. The Bertz CT molecular complexity index is 229. The fourth-order valence-electron chi connectivity index (χ4n) is 0.423. The van der Waals surface area contributed by atoms with Crippen LogP contribution in [0, 0.1) is 5.41 Å². The zero-order chi connectivity index (χ0) is 11.4. The van der Waals surface area contributed by atoms with Crippen LogP contribution >= 0.6 is 0 Å². The summed E-state index contributed by atoms with van der Waals surface area (Å²) < 4.78 is 0. The summed E-state index contributed by atoms with van der Waals surface area (Å²) in [6.07, 6.45) is 2.24. The number of hydrogen-bond donors (Lipinski definition) is 4. The molecule has 82 valence electrons. The van der Waals surface area contributed by atoms with Crippen molar-refractivity contribution in [2.75, 3.05) is 0 Å². The maximum Gasteiger partial charge on any atom is 0.118 e. The molecule has 0 unspecified atom stereocenters. The van der Waals surface area contributed by atoms with Gasteiger partial charge < -0.3 is 16.2 Å². The Morgan fingerprint density at radius 2 is 1.93 bits per heavy atom. The summed E-state index contributed by atoms with van der Waals surface area (Å²) in [7, 11) is 0. The van der Waals surface area contributed by atoms with Crippen LogP contribution in [0.2, 0.25) is 0 Å². The Kier molecular flexibility index (Phi) is 4.09. The van der Waals surface area contributed by atoms with Gasteiger partial charge in [0.15, 0.2) is 0 Å². The van der Waals surface area contributed by atoms with Crippen LogP contribution in [0.25, 0.3) is 0 Å². The smallest absolute Gasteiger partial charge is 0.118 e. The molecule has 0 saturated heterocycles. The van der Waals surface area contributed by atoms with E-state index in [0.29, 0.717) is 5.70 Å². The minimum absolute atomic E-state index is 0.335. The third kappa shape index (κ3) is 3.35. The van der Waals surface area contributed by atoms with E-state index in [9.17, 15) is 5.11 Å². The summed E-state index contributed by atoms with van der Waals surface area (Å²) in [6.45, 7) is 6.76. The average molecular weight is 201 g/mol. The second-order valence-corrected chi connectivity index (χ2v) is 4.04. The van der Waals surface area contributed by atoms with E-state index >= 15 is 0 Å². The number of allylic oxidation sites excluding steroid dienone is 1. The van der Waals surface area contributed by atoms with Gasteiger partial charge in [0.2, 0.25) is 0 Å². The molecule has 0 aliphatic heterocycles. The molecule has 5 heteroatoms. The molecule has 5 nitrogen and oxygen atoms in total. The lowest BCUT2D eigenvalue weighted by Crippen LogP contribution is -2.50. The molecule has 0 atom stereocenters. The van der Waals surface area contributed by atoms with E-state index in [-0.39, 0.29) is 0 Å². The molecule has 0 bridgehead atoms. The predicted octanol–water partition coefficient (Wildman–Crippen LogP) is 0.507. The summed E-state index contributed by atoms with van der Waals surface area (Å²) >= 11 is 0. The minimum Gasteiger partial charge on any atom is -0.403 e. The van der Waals surface area contributed by atoms with Crippen molar-refractivity contribution >= 4 is 6.21 Å². The van der Waals surface area contributed by atoms with E-state index in [2.05, 4.69) is 5.48 Å². The first-order chi connectivity index (χ1) is 6.24. The lowest BCUT2D eigenvalue weighted by molar-refractivity contribution is -0.174. The first kappa shape index (κ1) is 12.9. The maximum absolute atomic E-state index is 9.73. The molecule has 0 aromatic rings. The molecule has 14 heavy (non-hydrogen) atoms. The van der Waals surface area contributed by atoms with E-state index in [4.69, 9.17) is 16.0 Å². The van der Waals surface area contributed by atoms with Crippen LogP contribution in [0.5, 0.6) is 0 Å². The van der Waals surface area contributed by atoms with Gasteiger partial charge >= 0.3 is 0 Å². The number of rotatable bonds is 5. The van der Waals surface area contributed by atoms with Crippen molar-refractivity contribution in [3.8, 4) is 0 Å². The van der Waals surface area contributed by atoms with Gasteiger partial charge in [0.25, 0.3) is 0 Å². The van der Waals surface area contributed by atoms with Crippen molar-refractivity contribution in [2.45, 2.75) is 38.9 Å². The number of nitrogens with two attached hydrogens (primary N) is 1. The highest BCUT2D eigenvalue weighted by Gasteiger charge is 2.37. The molecular formula is C9H19N3O2. The minimum atomic E-state index is -0.998. The van der Waals surface area contributed by atoms with Crippen LogP contribution in [0.15, 0.2) is 11.9 Å². The largest absolute Gasteiger partial charge is 0.403 e. The third-order valence-electron chi connectivity index (χ3n) is 2.23. The summed E-state index contributed by atoms with van der Waals surface area (Å²) in [4.78, 5) is 5.24. The standard InChI is InChI=1S/C9H19N3O2/c1-8(2,13)9(3,4)14-12-7(5-10)6-11/h5-6,10,12-13H,11H2,1-4H3/b7-6+,10-5?. The normalized spacial score (nSPS) is 13.9. The number of aliphatic hydroxyl groups is 1. The van der Waals surface area contributed by atoms with Crippen LogP contribution < -0.4 is 11.2 Å². The predicted molar refractivity (Wildman–Crippen MR) is 55.7 cm³/mol. The van der Waals surface area contributed by atoms with Gasteiger partial charge in [-0.25, -0.2) is 0 Å². The van der Waals surface area contributed by atoms with Crippen molar-refractivity contribution in [3.05, 3.63) is 11.9 Å².